The highest BCUT2D eigenvalue weighted by atomic mass is 16.6. The fourth-order valence-corrected chi connectivity index (χ4v) is 5.89. The molecule has 3 aromatic heterocycles. The van der Waals surface area contributed by atoms with Crippen molar-refractivity contribution < 1.29 is 24.2 Å². The molecule has 0 aliphatic carbocycles. The molecule has 2 N–H and O–H groups in total. The third kappa shape index (κ3) is 8.90. The Morgan fingerprint density at radius 3 is 2.38 bits per heavy atom. The number of aromatic nitrogens is 4. The molecule has 1 aliphatic rings. The van der Waals surface area contributed by atoms with Crippen molar-refractivity contribution in [1.29, 1.82) is 0 Å². The highest BCUT2D eigenvalue weighted by molar-refractivity contribution is 5.88. The van der Waals surface area contributed by atoms with E-state index in [4.69, 9.17) is 14.5 Å². The molecule has 4 aromatic rings. The summed E-state index contributed by atoms with van der Waals surface area (Å²) < 4.78 is 13.1. The van der Waals surface area contributed by atoms with Crippen molar-refractivity contribution in [3.05, 3.63) is 71.5 Å². The molecule has 0 bridgehead atoms. The molecule has 2 atom stereocenters. The number of pyridine rings is 1. The maximum Gasteiger partial charge on any atom is 0.416 e. The number of aryl methyl sites for hydroxylation is 1. The first-order valence-electron chi connectivity index (χ1n) is 17.3. The molecule has 2 amide bonds. The van der Waals surface area contributed by atoms with E-state index in [1.807, 2.05) is 84.9 Å². The van der Waals surface area contributed by atoms with Gasteiger partial charge in [0.2, 0.25) is 0 Å². The van der Waals surface area contributed by atoms with Crippen LogP contribution in [0.5, 0.6) is 0 Å². The van der Waals surface area contributed by atoms with Crippen LogP contribution in [0.4, 0.5) is 21.2 Å². The van der Waals surface area contributed by atoms with E-state index in [0.29, 0.717) is 36.8 Å². The second-order valence-corrected chi connectivity index (χ2v) is 15.3. The molecule has 50 heavy (non-hydrogen) atoms. The summed E-state index contributed by atoms with van der Waals surface area (Å²) in [5.74, 6) is 1.02. The number of nitrogens with zero attached hydrogens (tertiary/aromatic N) is 6. The molecule has 0 radical (unpaired) electrons. The Kier molecular flexibility index (Phi) is 10.7. The van der Waals surface area contributed by atoms with Crippen molar-refractivity contribution >= 4 is 29.5 Å². The number of rotatable bonds is 8. The minimum Gasteiger partial charge on any atom is -0.444 e. The van der Waals surface area contributed by atoms with Gasteiger partial charge < -0.3 is 24.8 Å². The van der Waals surface area contributed by atoms with Crippen molar-refractivity contribution in [1.82, 2.24) is 24.5 Å². The number of hydrogen-bond acceptors (Lipinski definition) is 9. The van der Waals surface area contributed by atoms with Gasteiger partial charge in [0.15, 0.2) is 5.65 Å². The molecule has 0 saturated carbocycles. The number of β-amino-alcohol motifs (C(OH)–C–C–N with tert-alkyl or cyclic N) is 1. The summed E-state index contributed by atoms with van der Waals surface area (Å²) in [5, 5.41) is 19.1. The van der Waals surface area contributed by atoms with Gasteiger partial charge in [-0.15, -0.1) is 0 Å². The largest absolute Gasteiger partial charge is 0.444 e. The summed E-state index contributed by atoms with van der Waals surface area (Å²) in [6.07, 6.45) is 2.46. The number of ether oxygens (including phenoxy) is 2. The Hall–Kier alpha value is -4.71. The zero-order valence-corrected chi connectivity index (χ0v) is 30.7. The van der Waals surface area contributed by atoms with Crippen LogP contribution in [0.15, 0.2) is 54.9 Å². The number of aliphatic hydroxyl groups excluding tert-OH is 1. The monoisotopic (exact) mass is 685 g/mol. The fourth-order valence-electron chi connectivity index (χ4n) is 5.89. The second-order valence-electron chi connectivity index (χ2n) is 15.3. The molecule has 5 rings (SSSR count). The quantitative estimate of drug-likeness (QED) is 0.198. The highest BCUT2D eigenvalue weighted by Gasteiger charge is 2.33. The number of piperidine rings is 1. The highest BCUT2D eigenvalue weighted by Crippen LogP contribution is 2.30. The van der Waals surface area contributed by atoms with Gasteiger partial charge in [0.05, 0.1) is 31.1 Å². The molecule has 12 heteroatoms. The van der Waals surface area contributed by atoms with E-state index in [1.165, 1.54) is 0 Å². The van der Waals surface area contributed by atoms with Crippen LogP contribution in [0.25, 0.3) is 16.9 Å². The van der Waals surface area contributed by atoms with Crippen LogP contribution in [-0.2, 0) is 16.0 Å². The van der Waals surface area contributed by atoms with E-state index in [1.54, 1.807) is 32.8 Å². The lowest BCUT2D eigenvalue weighted by molar-refractivity contribution is -0.0104. The lowest BCUT2D eigenvalue weighted by atomic mass is 9.94. The summed E-state index contributed by atoms with van der Waals surface area (Å²) in [7, 11) is 0. The number of carbonyl (C=O) groups is 2. The first-order valence-corrected chi connectivity index (χ1v) is 17.3. The number of benzene rings is 1. The zero-order valence-electron chi connectivity index (χ0n) is 30.7. The van der Waals surface area contributed by atoms with Crippen molar-refractivity contribution in [3.8, 4) is 11.3 Å². The average molecular weight is 686 g/mol. The van der Waals surface area contributed by atoms with E-state index in [9.17, 15) is 14.7 Å². The standard InChI is InChI=1S/C38H51N7O5/c1-24(2)29-21-41-45-32(19-31(42-34(29)45)40-20-28-16-18-43(23-30(28)46)35(47)49-37(4,5)6)44(36(48)50-38(7,8)9)22-26-12-14-27(15-13-26)33-25(3)11-10-17-39-33/h10-15,17,19,21,24,28,30,46H,16,18,20,22-23H2,1-9H3,(H,40,42)/t28-,30+/m1/s1. The number of carbonyl (C=O) groups excluding carboxylic acids is 2. The van der Waals surface area contributed by atoms with Gasteiger partial charge in [0, 0.05) is 42.4 Å². The third-order valence-corrected chi connectivity index (χ3v) is 8.49. The van der Waals surface area contributed by atoms with Gasteiger partial charge in [-0.05, 0) is 78.0 Å². The van der Waals surface area contributed by atoms with Crippen LogP contribution < -0.4 is 10.2 Å². The Bertz CT molecular complexity index is 1810. The smallest absolute Gasteiger partial charge is 0.416 e. The predicted molar refractivity (Wildman–Crippen MR) is 194 cm³/mol. The van der Waals surface area contributed by atoms with Crippen molar-refractivity contribution in [2.75, 3.05) is 29.9 Å². The van der Waals surface area contributed by atoms with Gasteiger partial charge in [-0.2, -0.15) is 9.61 Å². The number of hydrogen-bond donors (Lipinski definition) is 2. The van der Waals surface area contributed by atoms with E-state index in [2.05, 4.69) is 29.2 Å². The zero-order chi connectivity index (χ0) is 36.4. The summed E-state index contributed by atoms with van der Waals surface area (Å²) in [4.78, 5) is 39.2. The van der Waals surface area contributed by atoms with Crippen LogP contribution in [0.3, 0.4) is 0 Å². The minimum atomic E-state index is -0.746. The number of likely N-dealkylation sites (tertiary alicyclic amines) is 1. The topological polar surface area (TPSA) is 134 Å². The molecule has 12 nitrogen and oxygen atoms in total. The maximum atomic E-state index is 13.9. The summed E-state index contributed by atoms with van der Waals surface area (Å²) in [6, 6.07) is 13.8. The van der Waals surface area contributed by atoms with Gasteiger partial charge in [-0.1, -0.05) is 44.2 Å². The second kappa shape index (κ2) is 14.6. The molecule has 0 spiro atoms. The van der Waals surface area contributed by atoms with Gasteiger partial charge >= 0.3 is 12.2 Å². The molecular formula is C38H51N7O5. The Labute approximate surface area is 294 Å². The number of amides is 2. The summed E-state index contributed by atoms with van der Waals surface area (Å²) in [6.45, 7) is 18.5. The first-order chi connectivity index (χ1) is 23.5. The van der Waals surface area contributed by atoms with E-state index >= 15 is 0 Å². The van der Waals surface area contributed by atoms with Crippen molar-refractivity contribution in [2.45, 2.75) is 98.5 Å². The first kappa shape index (κ1) is 36.6. The molecule has 268 valence electrons. The number of aliphatic hydroxyl groups is 1. The normalized spacial score (nSPS) is 16.8. The van der Waals surface area contributed by atoms with Crippen molar-refractivity contribution in [3.63, 3.8) is 0 Å². The van der Waals surface area contributed by atoms with Crippen molar-refractivity contribution in [2.24, 2.45) is 5.92 Å². The molecule has 0 unspecified atom stereocenters. The molecule has 1 saturated heterocycles. The summed E-state index contributed by atoms with van der Waals surface area (Å²) >= 11 is 0. The third-order valence-electron chi connectivity index (χ3n) is 8.49. The lowest BCUT2D eigenvalue weighted by Gasteiger charge is -2.36. The molecular weight excluding hydrogens is 634 g/mol. The molecule has 4 heterocycles. The van der Waals surface area contributed by atoms with Crippen LogP contribution >= 0.6 is 0 Å². The van der Waals surface area contributed by atoms with E-state index in [-0.39, 0.29) is 24.9 Å². The summed E-state index contributed by atoms with van der Waals surface area (Å²) in [5.41, 5.74) is 4.07. The number of anilines is 2. The Morgan fingerprint density at radius 2 is 1.76 bits per heavy atom. The fraction of sp³-hybridized carbons (Fsp3) is 0.500. The molecule has 1 fully saturated rings. The number of fused-ring (bicyclic) bond motifs is 1. The molecule has 1 aromatic carbocycles. The molecule has 1 aliphatic heterocycles. The van der Waals surface area contributed by atoms with E-state index in [0.717, 1.165) is 27.9 Å². The van der Waals surface area contributed by atoms with E-state index < -0.39 is 29.5 Å². The number of nitrogens with one attached hydrogen (secondary N) is 1. The van der Waals surface area contributed by atoms with Crippen LogP contribution in [0.1, 0.15) is 84.4 Å². The maximum absolute atomic E-state index is 13.9. The SMILES string of the molecule is Cc1cccnc1-c1ccc(CN(C(=O)OC(C)(C)C)c2cc(NC[C@H]3CCN(C(=O)OC(C)(C)C)C[C@@H]3O)nc3c(C(C)C)cnn23)cc1. The predicted octanol–water partition coefficient (Wildman–Crippen LogP) is 7.19. The van der Waals surface area contributed by atoms with Crippen LogP contribution in [-0.4, -0.2) is 78.7 Å². The lowest BCUT2D eigenvalue weighted by Crippen LogP contribution is -2.49. The van der Waals surface area contributed by atoms with Gasteiger partial charge in [-0.3, -0.25) is 9.88 Å². The average Bonchev–Trinajstić information content (AvgIpc) is 3.46. The Balaban J connectivity index is 1.44. The van der Waals surface area contributed by atoms with Crippen LogP contribution in [0, 0.1) is 12.8 Å². The minimum absolute atomic E-state index is 0.125. The van der Waals surface area contributed by atoms with Gasteiger partial charge in [0.1, 0.15) is 22.8 Å². The van der Waals surface area contributed by atoms with Gasteiger partial charge in [0.25, 0.3) is 0 Å². The van der Waals surface area contributed by atoms with Gasteiger partial charge in [-0.25, -0.2) is 14.6 Å². The Morgan fingerprint density at radius 1 is 1.06 bits per heavy atom. The van der Waals surface area contributed by atoms with Crippen LogP contribution in [0.2, 0.25) is 0 Å².